The predicted octanol–water partition coefficient (Wildman–Crippen LogP) is 6.24. The molecule has 0 aliphatic rings. The molecular weight excluding hydrogens is 584 g/mol. The van der Waals surface area contributed by atoms with Crippen LogP contribution in [0.4, 0.5) is 45.5 Å². The summed E-state index contributed by atoms with van der Waals surface area (Å²) in [5, 5.41) is 57.9. The summed E-state index contributed by atoms with van der Waals surface area (Å²) >= 11 is 0. The Labute approximate surface area is 244 Å². The van der Waals surface area contributed by atoms with Gasteiger partial charge in [-0.25, -0.2) is 0 Å². The molecule has 44 heavy (non-hydrogen) atoms. The van der Waals surface area contributed by atoms with Crippen LogP contribution in [0, 0.1) is 40.5 Å². The summed E-state index contributed by atoms with van der Waals surface area (Å²) in [7, 11) is 0. The summed E-state index contributed by atoms with van der Waals surface area (Å²) in [6, 6.07) is 17.0. The van der Waals surface area contributed by atoms with E-state index < -0.39 is 65.4 Å². The molecule has 0 spiro atoms. The van der Waals surface area contributed by atoms with Crippen molar-refractivity contribution in [2.45, 2.75) is 0 Å². The van der Waals surface area contributed by atoms with Gasteiger partial charge in [0.05, 0.1) is 54.3 Å². The Bertz CT molecular complexity index is 1810. The van der Waals surface area contributed by atoms with Crippen LogP contribution in [-0.4, -0.2) is 31.5 Å². The van der Waals surface area contributed by atoms with Crippen molar-refractivity contribution >= 4 is 57.3 Å². The van der Waals surface area contributed by atoms with Gasteiger partial charge in [0.2, 0.25) is 0 Å². The minimum atomic E-state index is -1.01. The lowest BCUT2D eigenvalue weighted by Gasteiger charge is -2.11. The van der Waals surface area contributed by atoms with E-state index in [-0.39, 0.29) is 17.1 Å². The van der Waals surface area contributed by atoms with Gasteiger partial charge in [0.15, 0.2) is 0 Å². The van der Waals surface area contributed by atoms with E-state index in [2.05, 4.69) is 20.9 Å². The maximum Gasteiger partial charge on any atom is 0.277 e. The molecule has 18 nitrogen and oxygen atoms in total. The second kappa shape index (κ2) is 12.7. The standard InChI is InChI=1S/C26H16N8O10/c35-25(15-8-19(31(37)38)13-20(9-15)32(39)40)27-18-6-7-23(30-29-17-4-2-1-3-5-17)24(12-18)28-26(36)16-10-21(33(41)42)14-22(11-16)34(43)44/h1-14H,(H,27,35)(H,28,36). The van der Waals surface area contributed by atoms with Gasteiger partial charge < -0.3 is 10.6 Å². The van der Waals surface area contributed by atoms with Crippen LogP contribution in [0.15, 0.2) is 95.2 Å². The number of benzene rings is 4. The number of carbonyl (C=O) groups excluding carboxylic acids is 2. The van der Waals surface area contributed by atoms with E-state index in [9.17, 15) is 50.0 Å². The number of non-ortho nitro benzene ring substituents is 4. The van der Waals surface area contributed by atoms with Crippen molar-refractivity contribution in [3.05, 3.63) is 137 Å². The monoisotopic (exact) mass is 600 g/mol. The van der Waals surface area contributed by atoms with Gasteiger partial charge in [-0.05, 0) is 30.3 Å². The molecule has 0 atom stereocenters. The third kappa shape index (κ3) is 7.20. The molecule has 0 aromatic heterocycles. The normalized spacial score (nSPS) is 10.6. The molecule has 0 fully saturated rings. The van der Waals surface area contributed by atoms with E-state index >= 15 is 0 Å². The molecular formula is C26H16N8O10. The van der Waals surface area contributed by atoms with Crippen LogP contribution < -0.4 is 10.6 Å². The lowest BCUT2D eigenvalue weighted by Crippen LogP contribution is -2.15. The van der Waals surface area contributed by atoms with Crippen molar-refractivity contribution in [3.8, 4) is 0 Å². The highest BCUT2D eigenvalue weighted by Gasteiger charge is 2.22. The molecule has 0 bridgehead atoms. The van der Waals surface area contributed by atoms with Gasteiger partial charge in [-0.2, -0.15) is 5.11 Å². The zero-order valence-electron chi connectivity index (χ0n) is 21.8. The summed E-state index contributed by atoms with van der Waals surface area (Å²) in [6.07, 6.45) is 0. The Morgan fingerprint density at radius 2 is 1.00 bits per heavy atom. The zero-order valence-corrected chi connectivity index (χ0v) is 21.8. The van der Waals surface area contributed by atoms with Gasteiger partial charge in [0, 0.05) is 30.0 Å². The summed E-state index contributed by atoms with van der Waals surface area (Å²) < 4.78 is 0. The van der Waals surface area contributed by atoms with Crippen molar-refractivity contribution in [1.82, 2.24) is 0 Å². The van der Waals surface area contributed by atoms with E-state index in [0.717, 1.165) is 24.3 Å². The number of hydrogen-bond donors (Lipinski definition) is 2. The van der Waals surface area contributed by atoms with Gasteiger partial charge in [-0.15, -0.1) is 5.11 Å². The van der Waals surface area contributed by atoms with Crippen LogP contribution in [0.3, 0.4) is 0 Å². The number of amides is 2. The van der Waals surface area contributed by atoms with Gasteiger partial charge in [-0.1, -0.05) is 18.2 Å². The van der Waals surface area contributed by atoms with Crippen LogP contribution in [0.1, 0.15) is 20.7 Å². The first-order chi connectivity index (χ1) is 20.9. The molecule has 4 aromatic carbocycles. The van der Waals surface area contributed by atoms with E-state index in [1.807, 2.05) is 0 Å². The highest BCUT2D eigenvalue weighted by atomic mass is 16.6. The molecule has 2 amide bonds. The fraction of sp³-hybridized carbons (Fsp3) is 0. The third-order valence-electron chi connectivity index (χ3n) is 5.70. The zero-order chi connectivity index (χ0) is 32.0. The molecule has 0 saturated heterocycles. The maximum atomic E-state index is 13.1. The number of azo groups is 1. The molecule has 0 aliphatic heterocycles. The third-order valence-corrected chi connectivity index (χ3v) is 5.70. The lowest BCUT2D eigenvalue weighted by atomic mass is 10.1. The minimum Gasteiger partial charge on any atom is -0.322 e. The maximum absolute atomic E-state index is 13.1. The smallest absolute Gasteiger partial charge is 0.277 e. The van der Waals surface area contributed by atoms with Crippen LogP contribution >= 0.6 is 0 Å². The molecule has 4 aromatic rings. The van der Waals surface area contributed by atoms with Gasteiger partial charge in [-0.3, -0.25) is 50.0 Å². The second-order valence-corrected chi connectivity index (χ2v) is 8.68. The Morgan fingerprint density at radius 3 is 1.45 bits per heavy atom. The Balaban J connectivity index is 1.72. The average Bonchev–Trinajstić information content (AvgIpc) is 3.00. The SMILES string of the molecule is O=C(Nc1ccc(N=Nc2ccccc2)c(NC(=O)c2cc([N+](=O)[O-])cc([N+](=O)[O-])c2)c1)c1cc([N+](=O)[O-])cc([N+](=O)[O-])c1. The van der Waals surface area contributed by atoms with Gasteiger partial charge in [0.25, 0.3) is 34.6 Å². The van der Waals surface area contributed by atoms with E-state index in [4.69, 9.17) is 0 Å². The van der Waals surface area contributed by atoms with Crippen molar-refractivity contribution in [3.63, 3.8) is 0 Å². The molecule has 0 saturated carbocycles. The van der Waals surface area contributed by atoms with Crippen LogP contribution in [-0.2, 0) is 0 Å². The molecule has 18 heteroatoms. The molecule has 0 heterocycles. The number of rotatable bonds is 10. The number of anilines is 2. The molecule has 0 radical (unpaired) electrons. The number of nitro groups is 4. The number of nitrogens with one attached hydrogen (secondary N) is 2. The molecule has 0 aliphatic carbocycles. The lowest BCUT2D eigenvalue weighted by molar-refractivity contribution is -0.394. The predicted molar refractivity (Wildman–Crippen MR) is 152 cm³/mol. The number of nitrogens with zero attached hydrogens (tertiary/aromatic N) is 6. The van der Waals surface area contributed by atoms with Crippen molar-refractivity contribution in [1.29, 1.82) is 0 Å². The van der Waals surface area contributed by atoms with Crippen molar-refractivity contribution < 1.29 is 29.3 Å². The van der Waals surface area contributed by atoms with Gasteiger partial charge >= 0.3 is 0 Å². The first-order valence-corrected chi connectivity index (χ1v) is 12.0. The Hall–Kier alpha value is -6.98. The number of carbonyl (C=O) groups is 2. The van der Waals surface area contributed by atoms with Gasteiger partial charge in [0.1, 0.15) is 5.69 Å². The highest BCUT2D eigenvalue weighted by molar-refractivity contribution is 6.08. The van der Waals surface area contributed by atoms with Crippen molar-refractivity contribution in [2.75, 3.05) is 10.6 Å². The second-order valence-electron chi connectivity index (χ2n) is 8.68. The molecule has 0 unspecified atom stereocenters. The van der Waals surface area contributed by atoms with E-state index in [0.29, 0.717) is 17.8 Å². The summed E-state index contributed by atoms with van der Waals surface area (Å²) in [5.41, 5.74) is -3.30. The Kier molecular flexibility index (Phi) is 8.64. The fourth-order valence-electron chi connectivity index (χ4n) is 3.68. The minimum absolute atomic E-state index is 0.0110. The fourth-order valence-corrected chi connectivity index (χ4v) is 3.68. The highest BCUT2D eigenvalue weighted by Crippen LogP contribution is 2.32. The number of nitro benzene ring substituents is 4. The van der Waals surface area contributed by atoms with Crippen LogP contribution in [0.2, 0.25) is 0 Å². The summed E-state index contributed by atoms with van der Waals surface area (Å²) in [5.74, 6) is -1.98. The average molecular weight is 600 g/mol. The summed E-state index contributed by atoms with van der Waals surface area (Å²) in [4.78, 5) is 67.4. The summed E-state index contributed by atoms with van der Waals surface area (Å²) in [6.45, 7) is 0. The first kappa shape index (κ1) is 30.0. The van der Waals surface area contributed by atoms with Crippen LogP contribution in [0.5, 0.6) is 0 Å². The van der Waals surface area contributed by atoms with Crippen molar-refractivity contribution in [2.24, 2.45) is 10.2 Å². The molecule has 2 N–H and O–H groups in total. The quantitative estimate of drug-likeness (QED) is 0.118. The van der Waals surface area contributed by atoms with E-state index in [1.165, 1.54) is 18.2 Å². The van der Waals surface area contributed by atoms with E-state index in [1.54, 1.807) is 30.3 Å². The topological polar surface area (TPSA) is 255 Å². The molecule has 4 rings (SSSR count). The number of hydrogen-bond acceptors (Lipinski definition) is 12. The van der Waals surface area contributed by atoms with Crippen LogP contribution in [0.25, 0.3) is 0 Å². The first-order valence-electron chi connectivity index (χ1n) is 12.0. The molecule has 220 valence electrons. The Morgan fingerprint density at radius 1 is 0.545 bits per heavy atom. The largest absolute Gasteiger partial charge is 0.322 e.